The Morgan fingerprint density at radius 2 is 1.84 bits per heavy atom. The predicted octanol–water partition coefficient (Wildman–Crippen LogP) is 2.99. The molecule has 0 fully saturated rings. The van der Waals surface area contributed by atoms with Crippen molar-refractivity contribution in [3.05, 3.63) is 71.0 Å². The van der Waals surface area contributed by atoms with Gasteiger partial charge < -0.3 is 5.32 Å². The van der Waals surface area contributed by atoms with E-state index in [4.69, 9.17) is 0 Å². The van der Waals surface area contributed by atoms with Gasteiger partial charge in [-0.15, -0.1) is 0 Å². The summed E-state index contributed by atoms with van der Waals surface area (Å²) in [5.41, 5.74) is 2.93. The maximum Gasteiger partial charge on any atom is 0.224 e. The van der Waals surface area contributed by atoms with Crippen molar-refractivity contribution in [1.82, 2.24) is 5.32 Å². The molecule has 2 aromatic carbocycles. The summed E-state index contributed by atoms with van der Waals surface area (Å²) in [6.07, 6.45) is 0.198. The van der Waals surface area contributed by atoms with Crippen molar-refractivity contribution < 1.29 is 9.18 Å². The number of halogens is 1. The molecule has 0 atom stereocenters. The molecule has 2 aromatic rings. The molecule has 2 nitrogen and oxygen atoms in total. The van der Waals surface area contributed by atoms with Gasteiger partial charge in [-0.3, -0.25) is 4.79 Å². The third-order valence-electron chi connectivity index (χ3n) is 2.86. The fourth-order valence-electron chi connectivity index (χ4n) is 1.80. The highest BCUT2D eigenvalue weighted by atomic mass is 19.1. The summed E-state index contributed by atoms with van der Waals surface area (Å²) in [5, 5.41) is 2.82. The molecule has 0 aromatic heterocycles. The van der Waals surface area contributed by atoms with Crippen LogP contribution in [0, 0.1) is 12.7 Å². The van der Waals surface area contributed by atoms with Crippen molar-refractivity contribution in [3.8, 4) is 0 Å². The van der Waals surface area contributed by atoms with Gasteiger partial charge in [0.25, 0.3) is 0 Å². The van der Waals surface area contributed by atoms with Crippen molar-refractivity contribution in [2.45, 2.75) is 19.9 Å². The standard InChI is InChI=1S/C16H16FNO/c1-12-5-7-13(8-6-12)11-18-16(19)10-14-3-2-4-15(17)9-14/h2-9H,10-11H2,1H3,(H,18,19). The molecule has 0 heterocycles. The first-order chi connectivity index (χ1) is 9.13. The van der Waals surface area contributed by atoms with Crippen molar-refractivity contribution in [2.24, 2.45) is 0 Å². The lowest BCUT2D eigenvalue weighted by molar-refractivity contribution is -0.120. The van der Waals surface area contributed by atoms with Crippen LogP contribution in [-0.4, -0.2) is 5.91 Å². The van der Waals surface area contributed by atoms with Gasteiger partial charge in [0.1, 0.15) is 5.82 Å². The molecular weight excluding hydrogens is 241 g/mol. The minimum absolute atomic E-state index is 0.105. The van der Waals surface area contributed by atoms with Crippen LogP contribution in [0.3, 0.4) is 0 Å². The van der Waals surface area contributed by atoms with Gasteiger partial charge in [-0.05, 0) is 30.2 Å². The molecular formula is C16H16FNO. The van der Waals surface area contributed by atoms with E-state index in [2.05, 4.69) is 5.32 Å². The van der Waals surface area contributed by atoms with Gasteiger partial charge in [0, 0.05) is 6.54 Å². The lowest BCUT2D eigenvalue weighted by Crippen LogP contribution is -2.24. The summed E-state index contributed by atoms with van der Waals surface area (Å²) in [6, 6.07) is 14.1. The number of rotatable bonds is 4. The van der Waals surface area contributed by atoms with Gasteiger partial charge in [0.2, 0.25) is 5.91 Å². The van der Waals surface area contributed by atoms with Crippen LogP contribution in [0.4, 0.5) is 4.39 Å². The Balaban J connectivity index is 1.86. The van der Waals surface area contributed by atoms with Crippen LogP contribution in [0.25, 0.3) is 0 Å². The average Bonchev–Trinajstić information content (AvgIpc) is 2.38. The highest BCUT2D eigenvalue weighted by molar-refractivity contribution is 5.78. The summed E-state index contributed by atoms with van der Waals surface area (Å²) in [7, 11) is 0. The van der Waals surface area contributed by atoms with Crippen LogP contribution in [0.5, 0.6) is 0 Å². The zero-order valence-electron chi connectivity index (χ0n) is 10.8. The maximum atomic E-state index is 13.0. The fraction of sp³-hybridized carbons (Fsp3) is 0.188. The Morgan fingerprint density at radius 3 is 2.53 bits per heavy atom. The highest BCUT2D eigenvalue weighted by Crippen LogP contribution is 2.05. The molecule has 0 spiro atoms. The third kappa shape index (κ3) is 4.21. The van der Waals surface area contributed by atoms with E-state index in [1.54, 1.807) is 12.1 Å². The summed E-state index contributed by atoms with van der Waals surface area (Å²) < 4.78 is 13.0. The summed E-state index contributed by atoms with van der Waals surface area (Å²) >= 11 is 0. The Labute approximate surface area is 112 Å². The van der Waals surface area contributed by atoms with Crippen LogP contribution in [0.1, 0.15) is 16.7 Å². The zero-order valence-corrected chi connectivity index (χ0v) is 10.8. The quantitative estimate of drug-likeness (QED) is 0.896. The smallest absolute Gasteiger partial charge is 0.224 e. The van der Waals surface area contributed by atoms with Gasteiger partial charge in [-0.2, -0.15) is 0 Å². The van der Waals surface area contributed by atoms with Crippen molar-refractivity contribution >= 4 is 5.91 Å². The second-order valence-electron chi connectivity index (χ2n) is 4.57. The van der Waals surface area contributed by atoms with E-state index in [9.17, 15) is 9.18 Å². The molecule has 2 rings (SSSR count). The first-order valence-corrected chi connectivity index (χ1v) is 6.20. The van der Waals surface area contributed by atoms with E-state index in [1.807, 2.05) is 31.2 Å². The molecule has 1 amide bonds. The molecule has 0 bridgehead atoms. The second kappa shape index (κ2) is 6.14. The Morgan fingerprint density at radius 1 is 1.11 bits per heavy atom. The van der Waals surface area contributed by atoms with Gasteiger partial charge in [-0.25, -0.2) is 4.39 Å². The molecule has 1 N–H and O–H groups in total. The highest BCUT2D eigenvalue weighted by Gasteiger charge is 2.04. The monoisotopic (exact) mass is 257 g/mol. The molecule has 0 saturated carbocycles. The molecule has 0 aliphatic heterocycles. The molecule has 0 aliphatic rings. The number of hydrogen-bond acceptors (Lipinski definition) is 1. The number of nitrogens with one attached hydrogen (secondary N) is 1. The summed E-state index contributed by atoms with van der Waals surface area (Å²) in [6.45, 7) is 2.51. The number of carbonyl (C=O) groups excluding carboxylic acids is 1. The molecule has 19 heavy (non-hydrogen) atoms. The summed E-state index contributed by atoms with van der Waals surface area (Å²) in [4.78, 5) is 11.7. The number of hydrogen-bond donors (Lipinski definition) is 1. The molecule has 0 aliphatic carbocycles. The lowest BCUT2D eigenvalue weighted by atomic mass is 10.1. The number of amides is 1. The fourth-order valence-corrected chi connectivity index (χ4v) is 1.80. The maximum absolute atomic E-state index is 13.0. The lowest BCUT2D eigenvalue weighted by Gasteiger charge is -2.06. The Kier molecular flexibility index (Phi) is 4.29. The number of carbonyl (C=O) groups is 1. The molecule has 98 valence electrons. The van der Waals surface area contributed by atoms with Crippen LogP contribution in [0.15, 0.2) is 48.5 Å². The van der Waals surface area contributed by atoms with Crippen LogP contribution >= 0.6 is 0 Å². The van der Waals surface area contributed by atoms with E-state index < -0.39 is 0 Å². The van der Waals surface area contributed by atoms with Gasteiger partial charge in [-0.1, -0.05) is 42.0 Å². The first kappa shape index (κ1) is 13.3. The first-order valence-electron chi connectivity index (χ1n) is 6.20. The van der Waals surface area contributed by atoms with E-state index in [0.717, 1.165) is 5.56 Å². The van der Waals surface area contributed by atoms with Gasteiger partial charge >= 0.3 is 0 Å². The second-order valence-corrected chi connectivity index (χ2v) is 4.57. The van der Waals surface area contributed by atoms with Crippen molar-refractivity contribution in [2.75, 3.05) is 0 Å². The van der Waals surface area contributed by atoms with Crippen LogP contribution in [-0.2, 0) is 17.8 Å². The van der Waals surface area contributed by atoms with E-state index >= 15 is 0 Å². The van der Waals surface area contributed by atoms with E-state index in [1.165, 1.54) is 17.7 Å². The molecule has 3 heteroatoms. The van der Waals surface area contributed by atoms with Gasteiger partial charge in [0.05, 0.1) is 6.42 Å². The third-order valence-corrected chi connectivity index (χ3v) is 2.86. The van der Waals surface area contributed by atoms with Crippen molar-refractivity contribution in [3.63, 3.8) is 0 Å². The number of aryl methyl sites for hydroxylation is 1. The molecule has 0 saturated heterocycles. The summed E-state index contributed by atoms with van der Waals surface area (Å²) in [5.74, 6) is -0.421. The molecule has 0 radical (unpaired) electrons. The minimum atomic E-state index is -0.316. The van der Waals surface area contributed by atoms with Crippen LogP contribution < -0.4 is 5.32 Å². The minimum Gasteiger partial charge on any atom is -0.352 e. The van der Waals surface area contributed by atoms with E-state index in [-0.39, 0.29) is 18.1 Å². The average molecular weight is 257 g/mol. The largest absolute Gasteiger partial charge is 0.352 e. The van der Waals surface area contributed by atoms with Gasteiger partial charge in [0.15, 0.2) is 0 Å². The normalized spacial score (nSPS) is 10.2. The number of benzene rings is 2. The SMILES string of the molecule is Cc1ccc(CNC(=O)Cc2cccc(F)c2)cc1. The Hall–Kier alpha value is -2.16. The van der Waals surface area contributed by atoms with E-state index in [0.29, 0.717) is 12.1 Å². The van der Waals surface area contributed by atoms with Crippen molar-refractivity contribution in [1.29, 1.82) is 0 Å². The zero-order chi connectivity index (χ0) is 13.7. The molecule has 0 unspecified atom stereocenters. The predicted molar refractivity (Wildman–Crippen MR) is 73.1 cm³/mol. The van der Waals surface area contributed by atoms with Crippen LogP contribution in [0.2, 0.25) is 0 Å². The topological polar surface area (TPSA) is 29.1 Å². The Bertz CT molecular complexity index is 563.